The van der Waals surface area contributed by atoms with Crippen molar-refractivity contribution in [3.05, 3.63) is 28.8 Å². The first kappa shape index (κ1) is 16.5. The van der Waals surface area contributed by atoms with Crippen LogP contribution < -0.4 is 5.32 Å². The van der Waals surface area contributed by atoms with E-state index < -0.39 is 0 Å². The van der Waals surface area contributed by atoms with Gasteiger partial charge in [0.2, 0.25) is 5.91 Å². The van der Waals surface area contributed by atoms with Crippen LogP contribution in [-0.2, 0) is 9.53 Å². The molecular formula is C15H18ClNO3. The zero-order valence-electron chi connectivity index (χ0n) is 11.4. The second-order valence-electron chi connectivity index (χ2n) is 4.07. The molecule has 0 aliphatic rings. The van der Waals surface area contributed by atoms with E-state index in [1.165, 1.54) is 0 Å². The molecule has 0 heterocycles. The quantitative estimate of drug-likeness (QED) is 0.626. The molecule has 0 unspecified atom stereocenters. The normalized spacial score (nSPS) is 9.75. The second-order valence-corrected chi connectivity index (χ2v) is 4.48. The molecule has 0 radical (unpaired) electrons. The largest absolute Gasteiger partial charge is 0.395 e. The summed E-state index contributed by atoms with van der Waals surface area (Å²) in [6, 6.07) is 5.13. The van der Waals surface area contributed by atoms with Crippen molar-refractivity contribution in [2.75, 3.05) is 25.1 Å². The average molecular weight is 296 g/mol. The number of rotatable bonds is 6. The lowest BCUT2D eigenvalue weighted by Gasteiger charge is -2.08. The maximum Gasteiger partial charge on any atom is 0.250 e. The van der Waals surface area contributed by atoms with Crippen LogP contribution >= 0.6 is 11.6 Å². The molecule has 1 rings (SSSR count). The minimum atomic E-state index is -0.249. The van der Waals surface area contributed by atoms with Crippen molar-refractivity contribution in [3.63, 3.8) is 0 Å². The number of anilines is 1. The van der Waals surface area contributed by atoms with Crippen molar-refractivity contribution in [1.29, 1.82) is 0 Å². The highest BCUT2D eigenvalue weighted by atomic mass is 35.5. The molecule has 1 amide bonds. The molecule has 0 bridgehead atoms. The molecule has 108 valence electrons. The summed E-state index contributed by atoms with van der Waals surface area (Å²) < 4.78 is 5.16. The van der Waals surface area contributed by atoms with Crippen LogP contribution in [0.1, 0.15) is 25.3 Å². The summed E-state index contributed by atoms with van der Waals surface area (Å²) in [6.07, 6.45) is 1.28. The number of aliphatic hydroxyl groups is 1. The van der Waals surface area contributed by atoms with Crippen molar-refractivity contribution in [2.24, 2.45) is 0 Å². The number of carbonyl (C=O) groups excluding carboxylic acids is 1. The van der Waals surface area contributed by atoms with E-state index in [1.807, 2.05) is 6.92 Å². The fraction of sp³-hybridized carbons (Fsp3) is 0.400. The minimum Gasteiger partial charge on any atom is -0.395 e. The average Bonchev–Trinajstić information content (AvgIpc) is 2.43. The van der Waals surface area contributed by atoms with Crippen molar-refractivity contribution >= 4 is 23.2 Å². The summed E-state index contributed by atoms with van der Waals surface area (Å²) in [7, 11) is 0. The first-order chi connectivity index (χ1) is 9.67. The number of hydrogen-bond acceptors (Lipinski definition) is 3. The Morgan fingerprint density at radius 1 is 1.50 bits per heavy atom. The summed E-state index contributed by atoms with van der Waals surface area (Å²) in [5.74, 6) is 5.45. The molecule has 4 nitrogen and oxygen atoms in total. The van der Waals surface area contributed by atoms with Gasteiger partial charge >= 0.3 is 0 Å². The third-order valence-electron chi connectivity index (χ3n) is 2.29. The van der Waals surface area contributed by atoms with Crippen LogP contribution in [0.5, 0.6) is 0 Å². The van der Waals surface area contributed by atoms with Crippen LogP contribution in [-0.4, -0.2) is 30.8 Å². The number of hydrogen-bond donors (Lipinski definition) is 2. The number of amides is 1. The fourth-order valence-electron chi connectivity index (χ4n) is 1.41. The SMILES string of the molecule is CCCOCC(=O)Nc1cc(C#CCCO)ccc1Cl. The van der Waals surface area contributed by atoms with Crippen molar-refractivity contribution in [3.8, 4) is 11.8 Å². The van der Waals surface area contributed by atoms with Gasteiger partial charge in [0.15, 0.2) is 0 Å². The molecule has 1 aromatic carbocycles. The first-order valence-corrected chi connectivity index (χ1v) is 6.82. The minimum absolute atomic E-state index is 0.00455. The summed E-state index contributed by atoms with van der Waals surface area (Å²) in [4.78, 5) is 11.6. The smallest absolute Gasteiger partial charge is 0.250 e. The van der Waals surface area contributed by atoms with E-state index in [2.05, 4.69) is 17.2 Å². The Labute approximate surface area is 124 Å². The van der Waals surface area contributed by atoms with Crippen LogP contribution in [0.2, 0.25) is 5.02 Å². The van der Waals surface area contributed by atoms with E-state index in [1.54, 1.807) is 18.2 Å². The summed E-state index contributed by atoms with van der Waals surface area (Å²) in [6.45, 7) is 2.56. The highest BCUT2D eigenvalue weighted by Gasteiger charge is 2.06. The molecule has 2 N–H and O–H groups in total. The topological polar surface area (TPSA) is 58.6 Å². The van der Waals surface area contributed by atoms with Gasteiger partial charge in [0.1, 0.15) is 6.61 Å². The Morgan fingerprint density at radius 3 is 3.00 bits per heavy atom. The molecule has 0 saturated carbocycles. The van der Waals surface area contributed by atoms with Crippen LogP contribution in [0, 0.1) is 11.8 Å². The fourth-order valence-corrected chi connectivity index (χ4v) is 1.58. The lowest BCUT2D eigenvalue weighted by molar-refractivity contribution is -0.120. The zero-order chi connectivity index (χ0) is 14.8. The monoisotopic (exact) mass is 295 g/mol. The van der Waals surface area contributed by atoms with Crippen molar-refractivity contribution < 1.29 is 14.6 Å². The molecular weight excluding hydrogens is 278 g/mol. The van der Waals surface area contributed by atoms with Gasteiger partial charge in [0.05, 0.1) is 17.3 Å². The second kappa shape index (κ2) is 9.38. The predicted molar refractivity (Wildman–Crippen MR) is 79.8 cm³/mol. The maximum absolute atomic E-state index is 11.6. The molecule has 1 aromatic rings. The predicted octanol–water partition coefficient (Wildman–Crippen LogP) is 2.44. The van der Waals surface area contributed by atoms with Gasteiger partial charge in [0, 0.05) is 18.6 Å². The van der Waals surface area contributed by atoms with Crippen molar-refractivity contribution in [1.82, 2.24) is 0 Å². The van der Waals surface area contributed by atoms with Gasteiger partial charge in [-0.2, -0.15) is 0 Å². The van der Waals surface area contributed by atoms with Crippen LogP contribution in [0.15, 0.2) is 18.2 Å². The molecule has 0 aliphatic carbocycles. The van der Waals surface area contributed by atoms with E-state index in [0.29, 0.717) is 23.7 Å². The van der Waals surface area contributed by atoms with Gasteiger partial charge in [0.25, 0.3) is 0 Å². The number of carbonyl (C=O) groups is 1. The lowest BCUT2D eigenvalue weighted by atomic mass is 10.2. The Kier molecular flexibility index (Phi) is 7.74. The van der Waals surface area contributed by atoms with Crippen LogP contribution in [0.4, 0.5) is 5.69 Å². The van der Waals surface area contributed by atoms with Gasteiger partial charge in [-0.05, 0) is 24.6 Å². The van der Waals surface area contributed by atoms with E-state index in [4.69, 9.17) is 21.4 Å². The highest BCUT2D eigenvalue weighted by molar-refractivity contribution is 6.33. The molecule has 0 atom stereocenters. The van der Waals surface area contributed by atoms with Crippen LogP contribution in [0.25, 0.3) is 0 Å². The number of ether oxygens (including phenoxy) is 1. The standard InChI is InChI=1S/C15H18ClNO3/c1-2-9-20-11-15(19)17-14-10-12(5-3-4-8-18)6-7-13(14)16/h6-7,10,18H,2,4,8-9,11H2,1H3,(H,17,19). The molecule has 0 saturated heterocycles. The molecule has 0 aliphatic heterocycles. The number of nitrogens with one attached hydrogen (secondary N) is 1. The third kappa shape index (κ3) is 6.07. The Morgan fingerprint density at radius 2 is 2.30 bits per heavy atom. The van der Waals surface area contributed by atoms with Gasteiger partial charge in [-0.1, -0.05) is 30.4 Å². The zero-order valence-corrected chi connectivity index (χ0v) is 12.2. The van der Waals surface area contributed by atoms with E-state index >= 15 is 0 Å². The van der Waals surface area contributed by atoms with Gasteiger partial charge < -0.3 is 15.2 Å². The molecule has 0 fully saturated rings. The highest BCUT2D eigenvalue weighted by Crippen LogP contribution is 2.22. The lowest BCUT2D eigenvalue weighted by Crippen LogP contribution is -2.18. The summed E-state index contributed by atoms with van der Waals surface area (Å²) >= 11 is 6.02. The first-order valence-electron chi connectivity index (χ1n) is 6.44. The van der Waals surface area contributed by atoms with E-state index in [-0.39, 0.29) is 19.1 Å². The molecule has 20 heavy (non-hydrogen) atoms. The Hall–Kier alpha value is -1.54. The Bertz CT molecular complexity index is 506. The number of aliphatic hydroxyl groups excluding tert-OH is 1. The van der Waals surface area contributed by atoms with E-state index in [0.717, 1.165) is 12.0 Å². The molecule has 0 aromatic heterocycles. The van der Waals surface area contributed by atoms with Gasteiger partial charge in [-0.3, -0.25) is 4.79 Å². The van der Waals surface area contributed by atoms with E-state index in [9.17, 15) is 4.79 Å². The Balaban J connectivity index is 2.67. The maximum atomic E-state index is 11.6. The third-order valence-corrected chi connectivity index (χ3v) is 2.62. The number of halogens is 1. The molecule has 5 heteroatoms. The van der Waals surface area contributed by atoms with Crippen molar-refractivity contribution in [2.45, 2.75) is 19.8 Å². The summed E-state index contributed by atoms with van der Waals surface area (Å²) in [5, 5.41) is 11.8. The number of benzene rings is 1. The van der Waals surface area contributed by atoms with Gasteiger partial charge in [-0.25, -0.2) is 0 Å². The van der Waals surface area contributed by atoms with Crippen LogP contribution in [0.3, 0.4) is 0 Å². The van der Waals surface area contributed by atoms with Gasteiger partial charge in [-0.15, -0.1) is 0 Å². The summed E-state index contributed by atoms with van der Waals surface area (Å²) in [5.41, 5.74) is 1.24. The molecule has 0 spiro atoms.